The Balaban J connectivity index is 5.12. The molecular formula is C15H24N4O8. The van der Waals surface area contributed by atoms with E-state index in [4.69, 9.17) is 11.5 Å². The second-order valence-corrected chi connectivity index (χ2v) is 5.79. The quantitative estimate of drug-likeness (QED) is 0.276. The summed E-state index contributed by atoms with van der Waals surface area (Å²) in [6.07, 6.45) is 0. The Hall–Kier alpha value is -2.86. The van der Waals surface area contributed by atoms with Gasteiger partial charge < -0.3 is 20.9 Å². The molecule has 12 nitrogen and oxygen atoms in total. The van der Waals surface area contributed by atoms with Crippen molar-refractivity contribution in [3.8, 4) is 0 Å². The zero-order chi connectivity index (χ0) is 21.1. The number of esters is 4. The highest BCUT2D eigenvalue weighted by Crippen LogP contribution is 2.04. The number of amides is 2. The first-order valence-corrected chi connectivity index (χ1v) is 7.86. The van der Waals surface area contributed by atoms with E-state index in [-0.39, 0.29) is 19.6 Å². The van der Waals surface area contributed by atoms with Crippen molar-refractivity contribution in [1.29, 1.82) is 0 Å². The molecule has 0 aromatic carbocycles. The van der Waals surface area contributed by atoms with Crippen molar-refractivity contribution >= 4 is 35.7 Å². The van der Waals surface area contributed by atoms with Gasteiger partial charge in [-0.25, -0.2) is 0 Å². The van der Waals surface area contributed by atoms with E-state index in [0.29, 0.717) is 0 Å². The zero-order valence-corrected chi connectivity index (χ0v) is 15.4. The van der Waals surface area contributed by atoms with Crippen LogP contribution >= 0.6 is 0 Å². The summed E-state index contributed by atoms with van der Waals surface area (Å²) in [6.45, 7) is 2.17. The van der Waals surface area contributed by atoms with E-state index in [1.54, 1.807) is 6.92 Å². The number of nitrogens with two attached hydrogens (primary N) is 2. The Bertz CT molecular complexity index is 607. The summed E-state index contributed by atoms with van der Waals surface area (Å²) < 4.78 is 8.83. The number of rotatable bonds is 11. The molecular weight excluding hydrogens is 364 g/mol. The minimum atomic E-state index is -0.895. The summed E-state index contributed by atoms with van der Waals surface area (Å²) in [5.74, 6) is -4.89. The summed E-state index contributed by atoms with van der Waals surface area (Å²) in [5.41, 5.74) is 10.3. The van der Waals surface area contributed by atoms with Crippen LogP contribution in [-0.2, 0) is 38.2 Å². The molecule has 0 heterocycles. The summed E-state index contributed by atoms with van der Waals surface area (Å²) >= 11 is 0. The van der Waals surface area contributed by atoms with E-state index >= 15 is 0 Å². The minimum absolute atomic E-state index is 0.00340. The van der Waals surface area contributed by atoms with Gasteiger partial charge in [-0.05, 0) is 6.92 Å². The molecule has 0 aromatic heterocycles. The topological polar surface area (TPSA) is 179 Å². The lowest BCUT2D eigenvalue weighted by atomic mass is 10.2. The summed E-state index contributed by atoms with van der Waals surface area (Å²) in [5, 5.41) is 0. The van der Waals surface area contributed by atoms with Crippen LogP contribution in [0, 0.1) is 0 Å². The number of carbonyl (C=O) groups excluding carboxylic acids is 6. The number of primary amides is 2. The average Bonchev–Trinajstić information content (AvgIpc) is 2.42. The molecule has 0 aliphatic heterocycles. The second kappa shape index (κ2) is 11.7. The van der Waals surface area contributed by atoms with Crippen molar-refractivity contribution in [1.82, 2.24) is 9.80 Å². The predicted molar refractivity (Wildman–Crippen MR) is 89.4 cm³/mol. The summed E-state index contributed by atoms with van der Waals surface area (Å²) in [7, 11) is 0. The Kier molecular flexibility index (Phi) is 10.5. The van der Waals surface area contributed by atoms with Gasteiger partial charge in [0.05, 0.1) is 26.2 Å². The summed E-state index contributed by atoms with van der Waals surface area (Å²) in [4.78, 5) is 70.0. The largest absolute Gasteiger partial charge is 0.392 e. The smallest absolute Gasteiger partial charge is 0.327 e. The van der Waals surface area contributed by atoms with Gasteiger partial charge in [0.15, 0.2) is 0 Å². The van der Waals surface area contributed by atoms with Crippen molar-refractivity contribution in [2.45, 2.75) is 26.8 Å². The summed E-state index contributed by atoms with van der Waals surface area (Å²) in [6, 6.07) is -0.582. The third kappa shape index (κ3) is 12.2. The van der Waals surface area contributed by atoms with E-state index in [0.717, 1.165) is 13.8 Å². The van der Waals surface area contributed by atoms with Crippen LogP contribution in [0.5, 0.6) is 0 Å². The second-order valence-electron chi connectivity index (χ2n) is 5.79. The fourth-order valence-electron chi connectivity index (χ4n) is 2.20. The fourth-order valence-corrected chi connectivity index (χ4v) is 2.20. The molecule has 0 saturated carbocycles. The molecule has 27 heavy (non-hydrogen) atoms. The van der Waals surface area contributed by atoms with E-state index in [1.165, 1.54) is 9.80 Å². The van der Waals surface area contributed by atoms with Gasteiger partial charge in [-0.2, -0.15) is 0 Å². The first kappa shape index (κ1) is 24.1. The van der Waals surface area contributed by atoms with E-state index in [2.05, 4.69) is 9.47 Å². The van der Waals surface area contributed by atoms with E-state index < -0.39 is 54.8 Å². The van der Waals surface area contributed by atoms with Gasteiger partial charge in [-0.15, -0.1) is 0 Å². The molecule has 0 saturated heterocycles. The Morgan fingerprint density at radius 1 is 0.778 bits per heavy atom. The highest BCUT2D eigenvalue weighted by atomic mass is 16.6. The maximum absolute atomic E-state index is 11.7. The number of ether oxygens (including phenoxy) is 2. The van der Waals surface area contributed by atoms with Gasteiger partial charge in [0.2, 0.25) is 11.8 Å². The van der Waals surface area contributed by atoms with Gasteiger partial charge in [0, 0.05) is 26.4 Å². The maximum atomic E-state index is 11.7. The fraction of sp³-hybridized carbons (Fsp3) is 0.600. The van der Waals surface area contributed by atoms with Crippen LogP contribution in [0.25, 0.3) is 0 Å². The Morgan fingerprint density at radius 2 is 1.22 bits per heavy atom. The van der Waals surface area contributed by atoms with E-state index in [9.17, 15) is 28.8 Å². The van der Waals surface area contributed by atoms with Crippen molar-refractivity contribution in [2.24, 2.45) is 11.5 Å². The highest BCUT2D eigenvalue weighted by molar-refractivity contribution is 5.86. The Labute approximate surface area is 155 Å². The van der Waals surface area contributed by atoms with Crippen molar-refractivity contribution in [3.05, 3.63) is 0 Å². The Morgan fingerprint density at radius 3 is 1.63 bits per heavy atom. The van der Waals surface area contributed by atoms with Crippen LogP contribution < -0.4 is 11.5 Å². The standard InChI is InChI=1S/C15H24N4O8/c1-9(19(6-13(17)23)8-15(25)27-11(3)21)4-18(5-12(16)22)7-14(24)26-10(2)20/h9H,4-8H2,1-3H3,(H2,16,22)(H2,17,23)/t9-/m0/s1. The minimum Gasteiger partial charge on any atom is -0.392 e. The predicted octanol–water partition coefficient (Wildman–Crippen LogP) is -2.87. The molecule has 0 fully saturated rings. The first-order chi connectivity index (χ1) is 12.4. The van der Waals surface area contributed by atoms with Crippen molar-refractivity contribution < 1.29 is 38.2 Å². The lowest BCUT2D eigenvalue weighted by Crippen LogP contribution is -2.50. The molecule has 2 amide bonds. The number of hydrogen-bond acceptors (Lipinski definition) is 10. The molecule has 12 heteroatoms. The molecule has 0 radical (unpaired) electrons. The van der Waals surface area contributed by atoms with Crippen LogP contribution in [0.15, 0.2) is 0 Å². The molecule has 4 N–H and O–H groups in total. The average molecular weight is 388 g/mol. The van der Waals surface area contributed by atoms with Gasteiger partial charge in [-0.3, -0.25) is 38.6 Å². The molecule has 0 aliphatic rings. The monoisotopic (exact) mass is 388 g/mol. The molecule has 0 rings (SSSR count). The number of hydrogen-bond donors (Lipinski definition) is 2. The van der Waals surface area contributed by atoms with Crippen molar-refractivity contribution in [2.75, 3.05) is 32.7 Å². The van der Waals surface area contributed by atoms with Crippen LogP contribution in [0.4, 0.5) is 0 Å². The van der Waals surface area contributed by atoms with Crippen LogP contribution in [0.1, 0.15) is 20.8 Å². The number of nitrogens with zero attached hydrogens (tertiary/aromatic N) is 2. The van der Waals surface area contributed by atoms with E-state index in [1.807, 2.05) is 0 Å². The molecule has 1 atom stereocenters. The normalized spacial score (nSPS) is 11.7. The van der Waals surface area contributed by atoms with Crippen LogP contribution in [0.3, 0.4) is 0 Å². The zero-order valence-electron chi connectivity index (χ0n) is 15.4. The number of carbonyl (C=O) groups is 6. The lowest BCUT2D eigenvalue weighted by Gasteiger charge is -2.31. The molecule has 0 spiro atoms. The van der Waals surface area contributed by atoms with Crippen LogP contribution in [0.2, 0.25) is 0 Å². The SMILES string of the molecule is CC(=O)OC(=O)CN(CC(N)=O)C[C@H](C)N(CC(N)=O)CC(=O)OC(C)=O. The van der Waals surface area contributed by atoms with Gasteiger partial charge in [0.1, 0.15) is 0 Å². The molecule has 0 aliphatic carbocycles. The van der Waals surface area contributed by atoms with Crippen LogP contribution in [-0.4, -0.2) is 84.3 Å². The van der Waals surface area contributed by atoms with Gasteiger partial charge >= 0.3 is 23.9 Å². The highest BCUT2D eigenvalue weighted by Gasteiger charge is 2.25. The molecule has 0 aromatic rings. The third-order valence-corrected chi connectivity index (χ3v) is 3.08. The lowest BCUT2D eigenvalue weighted by molar-refractivity contribution is -0.161. The molecule has 0 bridgehead atoms. The van der Waals surface area contributed by atoms with Crippen molar-refractivity contribution in [3.63, 3.8) is 0 Å². The third-order valence-electron chi connectivity index (χ3n) is 3.08. The molecule has 0 unspecified atom stereocenters. The van der Waals surface area contributed by atoms with Gasteiger partial charge in [0.25, 0.3) is 0 Å². The molecule has 152 valence electrons. The first-order valence-electron chi connectivity index (χ1n) is 7.86. The maximum Gasteiger partial charge on any atom is 0.327 e. The van der Waals surface area contributed by atoms with Gasteiger partial charge in [-0.1, -0.05) is 0 Å².